The van der Waals surface area contributed by atoms with Crippen LogP contribution in [-0.4, -0.2) is 38.3 Å². The molecule has 124 valence electrons. The van der Waals surface area contributed by atoms with Gasteiger partial charge in [0.05, 0.1) is 6.10 Å². The van der Waals surface area contributed by atoms with E-state index in [4.69, 9.17) is 4.74 Å². The minimum atomic E-state index is -0.544. The van der Waals surface area contributed by atoms with Crippen LogP contribution in [0.25, 0.3) is 0 Å². The number of aromatic nitrogens is 3. The lowest BCUT2D eigenvalue weighted by Crippen LogP contribution is -2.20. The summed E-state index contributed by atoms with van der Waals surface area (Å²) in [6, 6.07) is 7.61. The van der Waals surface area contributed by atoms with Crippen LogP contribution >= 0.6 is 27.7 Å². The lowest BCUT2D eigenvalue weighted by atomic mass is 10.2. The van der Waals surface area contributed by atoms with Crippen LogP contribution in [0.2, 0.25) is 0 Å². The molecule has 0 amide bonds. The van der Waals surface area contributed by atoms with Gasteiger partial charge in [-0.15, -0.1) is 10.2 Å². The Balaban J connectivity index is 1.49. The van der Waals surface area contributed by atoms with Crippen LogP contribution in [0.4, 0.5) is 0 Å². The Bertz CT molecular complexity index is 650. The van der Waals surface area contributed by atoms with E-state index in [1.807, 2.05) is 24.3 Å². The lowest BCUT2D eigenvalue weighted by molar-refractivity contribution is 0.126. The second kappa shape index (κ2) is 8.17. The summed E-state index contributed by atoms with van der Waals surface area (Å²) in [5.41, 5.74) is 0. The van der Waals surface area contributed by atoms with Crippen molar-refractivity contribution >= 4 is 27.7 Å². The Labute approximate surface area is 148 Å². The number of rotatable bonds is 6. The second-order valence-corrected chi connectivity index (χ2v) is 7.50. The molecule has 2 heterocycles. The summed E-state index contributed by atoms with van der Waals surface area (Å²) in [4.78, 5) is 0. The molecule has 0 aliphatic carbocycles. The third-order valence-corrected chi connectivity index (χ3v) is 5.32. The van der Waals surface area contributed by atoms with Crippen LogP contribution < -0.4 is 4.74 Å². The predicted molar refractivity (Wildman–Crippen MR) is 93.9 cm³/mol. The Morgan fingerprint density at radius 2 is 2.22 bits per heavy atom. The number of fused-ring (bicyclic) bond motifs is 1. The van der Waals surface area contributed by atoms with Crippen molar-refractivity contribution in [1.82, 2.24) is 14.8 Å². The van der Waals surface area contributed by atoms with Gasteiger partial charge in [-0.3, -0.25) is 0 Å². The number of aliphatic hydroxyl groups excluding tert-OH is 1. The maximum Gasteiger partial charge on any atom is 0.191 e. The summed E-state index contributed by atoms with van der Waals surface area (Å²) in [5, 5.41) is 19.6. The zero-order valence-corrected chi connectivity index (χ0v) is 15.2. The van der Waals surface area contributed by atoms with Gasteiger partial charge in [0.2, 0.25) is 0 Å². The van der Waals surface area contributed by atoms with Crippen molar-refractivity contribution < 1.29 is 9.84 Å². The third-order valence-electron chi connectivity index (χ3n) is 3.72. The molecule has 23 heavy (non-hydrogen) atoms. The molecule has 0 saturated carbocycles. The van der Waals surface area contributed by atoms with Crippen LogP contribution in [0.5, 0.6) is 5.75 Å². The average molecular weight is 398 g/mol. The van der Waals surface area contributed by atoms with E-state index < -0.39 is 6.10 Å². The quantitative estimate of drug-likeness (QED) is 0.757. The molecule has 0 unspecified atom stereocenters. The monoisotopic (exact) mass is 397 g/mol. The molecule has 1 aromatic heterocycles. The number of ether oxygens (including phenoxy) is 1. The topological polar surface area (TPSA) is 60.2 Å². The largest absolute Gasteiger partial charge is 0.491 e. The van der Waals surface area contributed by atoms with Gasteiger partial charge in [0.25, 0.3) is 0 Å². The smallest absolute Gasteiger partial charge is 0.191 e. The first-order chi connectivity index (χ1) is 11.2. The zero-order chi connectivity index (χ0) is 16.1. The van der Waals surface area contributed by atoms with E-state index >= 15 is 0 Å². The first kappa shape index (κ1) is 16.8. The number of halogens is 1. The van der Waals surface area contributed by atoms with Crippen LogP contribution in [0.1, 0.15) is 25.1 Å². The molecule has 0 fully saturated rings. The number of nitrogens with zero attached hydrogens (tertiary/aromatic N) is 3. The highest BCUT2D eigenvalue weighted by Gasteiger charge is 2.16. The van der Waals surface area contributed by atoms with Crippen molar-refractivity contribution in [3.05, 3.63) is 34.6 Å². The predicted octanol–water partition coefficient (Wildman–Crippen LogP) is 3.30. The molecule has 1 atom stereocenters. The minimum absolute atomic E-state index is 0.268. The van der Waals surface area contributed by atoms with Crippen LogP contribution in [0.3, 0.4) is 0 Å². The summed E-state index contributed by atoms with van der Waals surface area (Å²) in [6.07, 6.45) is 4.07. The van der Waals surface area contributed by atoms with Crippen molar-refractivity contribution in [1.29, 1.82) is 0 Å². The van der Waals surface area contributed by atoms with E-state index in [1.54, 1.807) is 11.8 Å². The van der Waals surface area contributed by atoms with Crippen molar-refractivity contribution in [3.8, 4) is 5.75 Å². The fourth-order valence-electron chi connectivity index (χ4n) is 2.53. The normalized spacial score (nSPS) is 15.7. The van der Waals surface area contributed by atoms with E-state index in [0.29, 0.717) is 5.75 Å². The number of aryl methyl sites for hydroxylation is 1. The van der Waals surface area contributed by atoms with E-state index in [1.165, 1.54) is 19.3 Å². The molecule has 2 aromatic rings. The van der Waals surface area contributed by atoms with Gasteiger partial charge in [-0.25, -0.2) is 0 Å². The fourth-order valence-corrected chi connectivity index (χ4v) is 3.80. The van der Waals surface area contributed by atoms with Gasteiger partial charge in [-0.2, -0.15) is 0 Å². The highest BCUT2D eigenvalue weighted by molar-refractivity contribution is 9.10. The maximum absolute atomic E-state index is 10.1. The Hall–Kier alpha value is -1.05. The van der Waals surface area contributed by atoms with Gasteiger partial charge < -0.3 is 14.4 Å². The fraction of sp³-hybridized carbons (Fsp3) is 0.500. The maximum atomic E-state index is 10.1. The van der Waals surface area contributed by atoms with Gasteiger partial charge in [-0.1, -0.05) is 40.2 Å². The Kier molecular flexibility index (Phi) is 5.96. The van der Waals surface area contributed by atoms with Crippen molar-refractivity contribution in [3.63, 3.8) is 0 Å². The molecule has 0 saturated heterocycles. The van der Waals surface area contributed by atoms with E-state index in [0.717, 1.165) is 34.2 Å². The highest BCUT2D eigenvalue weighted by Crippen LogP contribution is 2.23. The van der Waals surface area contributed by atoms with Gasteiger partial charge in [0.15, 0.2) is 5.16 Å². The first-order valence-corrected chi connectivity index (χ1v) is 9.61. The van der Waals surface area contributed by atoms with Gasteiger partial charge in [0.1, 0.15) is 18.2 Å². The molecule has 0 bridgehead atoms. The first-order valence-electron chi connectivity index (χ1n) is 7.83. The van der Waals surface area contributed by atoms with Gasteiger partial charge in [-0.05, 0) is 31.0 Å². The minimum Gasteiger partial charge on any atom is -0.491 e. The second-order valence-electron chi connectivity index (χ2n) is 5.59. The molecule has 0 spiro atoms. The molecule has 1 N–H and O–H groups in total. The number of aliphatic hydroxyl groups is 1. The SMILES string of the molecule is O[C@H](COc1cccc(Br)c1)CSc1nnc2n1CCCCC2. The highest BCUT2D eigenvalue weighted by atomic mass is 79.9. The van der Waals surface area contributed by atoms with Crippen LogP contribution in [-0.2, 0) is 13.0 Å². The van der Waals surface area contributed by atoms with Crippen LogP contribution in [0.15, 0.2) is 33.9 Å². The Morgan fingerprint density at radius 1 is 1.30 bits per heavy atom. The molecule has 1 aromatic carbocycles. The summed E-state index contributed by atoms with van der Waals surface area (Å²) in [7, 11) is 0. The number of thioether (sulfide) groups is 1. The summed E-state index contributed by atoms with van der Waals surface area (Å²) in [6.45, 7) is 1.25. The van der Waals surface area contributed by atoms with Crippen LogP contribution in [0, 0.1) is 0 Å². The summed E-state index contributed by atoms with van der Waals surface area (Å²) >= 11 is 4.95. The van der Waals surface area contributed by atoms with E-state index in [2.05, 4.69) is 30.7 Å². The van der Waals surface area contributed by atoms with Crippen molar-refractivity contribution in [2.24, 2.45) is 0 Å². The number of hydrogen-bond donors (Lipinski definition) is 1. The lowest BCUT2D eigenvalue weighted by Gasteiger charge is -2.12. The zero-order valence-electron chi connectivity index (χ0n) is 12.8. The van der Waals surface area contributed by atoms with Gasteiger partial charge in [0, 0.05) is 23.2 Å². The molecule has 7 heteroatoms. The number of hydrogen-bond acceptors (Lipinski definition) is 5. The molecule has 1 aliphatic heterocycles. The molecular weight excluding hydrogens is 378 g/mol. The average Bonchev–Trinajstić information content (AvgIpc) is 2.77. The molecule has 0 radical (unpaired) electrons. The van der Waals surface area contributed by atoms with Crippen molar-refractivity contribution in [2.75, 3.05) is 12.4 Å². The summed E-state index contributed by atoms with van der Waals surface area (Å²) in [5.74, 6) is 2.37. The molecule has 1 aliphatic rings. The standard InChI is InChI=1S/C16H20BrN3O2S/c17-12-5-4-6-14(9-12)22-10-13(21)11-23-16-19-18-15-7-2-1-3-8-20(15)16/h4-6,9,13,21H,1-3,7-8,10-11H2/t13-/m1/s1. The molecule has 3 rings (SSSR count). The number of benzene rings is 1. The van der Waals surface area contributed by atoms with Crippen molar-refractivity contribution in [2.45, 2.75) is 43.5 Å². The van der Waals surface area contributed by atoms with E-state index in [-0.39, 0.29) is 6.61 Å². The Morgan fingerprint density at radius 3 is 3.09 bits per heavy atom. The van der Waals surface area contributed by atoms with Gasteiger partial charge >= 0.3 is 0 Å². The molecular formula is C16H20BrN3O2S. The summed E-state index contributed by atoms with van der Waals surface area (Å²) < 4.78 is 8.77. The molecule has 5 nitrogen and oxygen atoms in total. The van der Waals surface area contributed by atoms with E-state index in [9.17, 15) is 5.11 Å². The third kappa shape index (κ3) is 4.71.